The minimum absolute atomic E-state index is 0. The molecule has 0 radical (unpaired) electrons. The SMILES string of the molecule is CCCC(CCO)CN=C(NCC)NCCOc1cccc(F)c1.I. The van der Waals surface area contributed by atoms with E-state index in [-0.39, 0.29) is 36.4 Å². The first-order valence-corrected chi connectivity index (χ1v) is 8.71. The number of halogens is 2. The summed E-state index contributed by atoms with van der Waals surface area (Å²) in [6, 6.07) is 6.11. The van der Waals surface area contributed by atoms with Crippen molar-refractivity contribution < 1.29 is 14.2 Å². The first kappa shape index (κ1) is 23.9. The largest absolute Gasteiger partial charge is 0.492 e. The van der Waals surface area contributed by atoms with Crippen LogP contribution in [-0.2, 0) is 0 Å². The number of ether oxygens (including phenoxy) is 1. The van der Waals surface area contributed by atoms with Gasteiger partial charge in [-0.2, -0.15) is 0 Å². The zero-order valence-corrected chi connectivity index (χ0v) is 17.5. The van der Waals surface area contributed by atoms with E-state index < -0.39 is 0 Å². The summed E-state index contributed by atoms with van der Waals surface area (Å²) in [6.45, 7) is 6.80. The normalized spacial score (nSPS) is 12.2. The van der Waals surface area contributed by atoms with E-state index in [0.717, 1.165) is 31.8 Å². The van der Waals surface area contributed by atoms with E-state index >= 15 is 0 Å². The Kier molecular flexibility index (Phi) is 14.5. The maximum atomic E-state index is 13.1. The summed E-state index contributed by atoms with van der Waals surface area (Å²) in [6.07, 6.45) is 2.93. The van der Waals surface area contributed by atoms with Crippen molar-refractivity contribution in [2.24, 2.45) is 10.9 Å². The standard InChI is InChI=1S/C18H30FN3O2.HI/c1-3-6-15(9-11-23)14-22-18(20-4-2)21-10-12-24-17-8-5-7-16(19)13-17;/h5,7-8,13,15,23H,3-4,6,9-12,14H2,1-2H3,(H2,20,21,22);1H. The second-order valence-electron chi connectivity index (χ2n) is 5.62. The Balaban J connectivity index is 0.00000576. The van der Waals surface area contributed by atoms with Gasteiger partial charge in [-0.05, 0) is 37.8 Å². The maximum Gasteiger partial charge on any atom is 0.191 e. The molecule has 0 fully saturated rings. The van der Waals surface area contributed by atoms with Crippen LogP contribution < -0.4 is 15.4 Å². The van der Waals surface area contributed by atoms with Crippen LogP contribution in [0.25, 0.3) is 0 Å². The van der Waals surface area contributed by atoms with Crippen molar-refractivity contribution in [2.45, 2.75) is 33.1 Å². The molecule has 0 amide bonds. The second kappa shape index (κ2) is 15.2. The Bertz CT molecular complexity index is 483. The lowest BCUT2D eigenvalue weighted by atomic mass is 10.0. The fourth-order valence-electron chi connectivity index (χ4n) is 2.37. The zero-order valence-electron chi connectivity index (χ0n) is 15.1. The molecule has 0 aliphatic rings. The molecule has 25 heavy (non-hydrogen) atoms. The fraction of sp³-hybridized carbons (Fsp3) is 0.611. The number of aliphatic hydroxyl groups is 1. The van der Waals surface area contributed by atoms with Crippen molar-refractivity contribution >= 4 is 29.9 Å². The lowest BCUT2D eigenvalue weighted by Crippen LogP contribution is -2.39. The van der Waals surface area contributed by atoms with Crippen LogP contribution in [0.4, 0.5) is 4.39 Å². The lowest BCUT2D eigenvalue weighted by molar-refractivity contribution is 0.253. The van der Waals surface area contributed by atoms with E-state index in [4.69, 9.17) is 9.84 Å². The fourth-order valence-corrected chi connectivity index (χ4v) is 2.37. The average Bonchev–Trinajstić information content (AvgIpc) is 2.56. The van der Waals surface area contributed by atoms with Crippen molar-refractivity contribution in [1.29, 1.82) is 0 Å². The number of hydrogen-bond donors (Lipinski definition) is 3. The van der Waals surface area contributed by atoms with Crippen LogP contribution >= 0.6 is 24.0 Å². The molecule has 0 bridgehead atoms. The van der Waals surface area contributed by atoms with Crippen LogP contribution in [-0.4, -0.2) is 43.9 Å². The minimum atomic E-state index is -0.304. The van der Waals surface area contributed by atoms with Gasteiger partial charge in [0.15, 0.2) is 5.96 Å². The third-order valence-corrected chi connectivity index (χ3v) is 3.55. The van der Waals surface area contributed by atoms with Gasteiger partial charge in [-0.1, -0.05) is 19.4 Å². The van der Waals surface area contributed by atoms with Crippen molar-refractivity contribution in [3.63, 3.8) is 0 Å². The topological polar surface area (TPSA) is 65.9 Å². The van der Waals surface area contributed by atoms with Gasteiger partial charge < -0.3 is 20.5 Å². The number of benzene rings is 1. The third kappa shape index (κ3) is 11.2. The van der Waals surface area contributed by atoms with Gasteiger partial charge in [-0.25, -0.2) is 4.39 Å². The molecule has 0 aliphatic carbocycles. The Morgan fingerprint density at radius 2 is 2.08 bits per heavy atom. The van der Waals surface area contributed by atoms with E-state index in [9.17, 15) is 4.39 Å². The summed E-state index contributed by atoms with van der Waals surface area (Å²) < 4.78 is 18.6. The molecule has 1 aromatic carbocycles. The van der Waals surface area contributed by atoms with Gasteiger partial charge in [0.25, 0.3) is 0 Å². The third-order valence-electron chi connectivity index (χ3n) is 3.55. The van der Waals surface area contributed by atoms with Gasteiger partial charge in [0.1, 0.15) is 18.2 Å². The molecule has 7 heteroatoms. The van der Waals surface area contributed by atoms with Crippen molar-refractivity contribution in [3.8, 4) is 5.75 Å². The lowest BCUT2D eigenvalue weighted by Gasteiger charge is -2.15. The van der Waals surface area contributed by atoms with Crippen LogP contribution in [0.1, 0.15) is 33.1 Å². The predicted molar refractivity (Wildman–Crippen MR) is 111 cm³/mol. The highest BCUT2D eigenvalue weighted by Crippen LogP contribution is 2.12. The molecule has 5 nitrogen and oxygen atoms in total. The number of nitrogens with zero attached hydrogens (tertiary/aromatic N) is 1. The first-order chi connectivity index (χ1) is 11.7. The van der Waals surface area contributed by atoms with E-state index in [1.54, 1.807) is 12.1 Å². The van der Waals surface area contributed by atoms with Gasteiger partial charge >= 0.3 is 0 Å². The van der Waals surface area contributed by atoms with E-state index in [2.05, 4.69) is 22.5 Å². The monoisotopic (exact) mass is 467 g/mol. The molecule has 3 N–H and O–H groups in total. The van der Waals surface area contributed by atoms with Gasteiger partial charge in [0.2, 0.25) is 0 Å². The van der Waals surface area contributed by atoms with Crippen LogP contribution in [0, 0.1) is 11.7 Å². The first-order valence-electron chi connectivity index (χ1n) is 8.71. The number of aliphatic hydroxyl groups excluding tert-OH is 1. The number of guanidine groups is 1. The summed E-state index contributed by atoms with van der Waals surface area (Å²) in [5.74, 6) is 1.35. The number of nitrogens with one attached hydrogen (secondary N) is 2. The molecular weight excluding hydrogens is 436 g/mol. The molecule has 1 atom stereocenters. The molecule has 0 saturated carbocycles. The Morgan fingerprint density at radius 1 is 1.28 bits per heavy atom. The van der Waals surface area contributed by atoms with Crippen molar-refractivity contribution in [3.05, 3.63) is 30.1 Å². The van der Waals surface area contributed by atoms with Crippen LogP contribution in [0.15, 0.2) is 29.3 Å². The highest BCUT2D eigenvalue weighted by molar-refractivity contribution is 14.0. The smallest absolute Gasteiger partial charge is 0.191 e. The van der Waals surface area contributed by atoms with E-state index in [1.807, 2.05) is 6.92 Å². The quantitative estimate of drug-likeness (QED) is 0.203. The van der Waals surface area contributed by atoms with Gasteiger partial charge in [0, 0.05) is 25.8 Å². The number of hydrogen-bond acceptors (Lipinski definition) is 3. The van der Waals surface area contributed by atoms with Crippen LogP contribution in [0.5, 0.6) is 5.75 Å². The summed E-state index contributed by atoms with van der Waals surface area (Å²) in [7, 11) is 0. The molecule has 1 rings (SSSR count). The summed E-state index contributed by atoms with van der Waals surface area (Å²) in [4.78, 5) is 4.58. The molecular formula is C18H31FIN3O2. The molecule has 144 valence electrons. The summed E-state index contributed by atoms with van der Waals surface area (Å²) in [5.41, 5.74) is 0. The maximum absolute atomic E-state index is 13.1. The predicted octanol–water partition coefficient (Wildman–Crippen LogP) is 3.18. The number of rotatable bonds is 11. The van der Waals surface area contributed by atoms with E-state index in [1.165, 1.54) is 12.1 Å². The van der Waals surface area contributed by atoms with Crippen molar-refractivity contribution in [2.75, 3.05) is 32.8 Å². The van der Waals surface area contributed by atoms with Gasteiger partial charge in [0.05, 0.1) is 6.54 Å². The highest BCUT2D eigenvalue weighted by atomic mass is 127. The Morgan fingerprint density at radius 3 is 2.72 bits per heavy atom. The van der Waals surface area contributed by atoms with Crippen LogP contribution in [0.2, 0.25) is 0 Å². The second-order valence-corrected chi connectivity index (χ2v) is 5.62. The summed E-state index contributed by atoms with van der Waals surface area (Å²) >= 11 is 0. The molecule has 1 aromatic rings. The Labute approximate surface area is 167 Å². The average molecular weight is 467 g/mol. The van der Waals surface area contributed by atoms with Gasteiger partial charge in [-0.3, -0.25) is 4.99 Å². The van der Waals surface area contributed by atoms with E-state index in [0.29, 0.717) is 31.4 Å². The summed E-state index contributed by atoms with van der Waals surface area (Å²) in [5, 5.41) is 15.5. The highest BCUT2D eigenvalue weighted by Gasteiger charge is 2.07. The molecule has 0 saturated heterocycles. The van der Waals surface area contributed by atoms with Gasteiger partial charge in [-0.15, -0.1) is 24.0 Å². The Hall–Kier alpha value is -1.09. The molecule has 0 aliphatic heterocycles. The number of aliphatic imine (C=N–C) groups is 1. The molecule has 0 spiro atoms. The molecule has 0 aromatic heterocycles. The van der Waals surface area contributed by atoms with Crippen LogP contribution in [0.3, 0.4) is 0 Å². The van der Waals surface area contributed by atoms with Crippen molar-refractivity contribution in [1.82, 2.24) is 10.6 Å². The zero-order chi connectivity index (χ0) is 17.6. The minimum Gasteiger partial charge on any atom is -0.492 e. The molecule has 0 heterocycles. The molecule has 1 unspecified atom stereocenters.